The normalized spacial score (nSPS) is 10.8. The molecule has 0 atom stereocenters. The quantitative estimate of drug-likeness (QED) is 0.640. The van der Waals surface area contributed by atoms with Crippen LogP contribution in [0.3, 0.4) is 0 Å². The summed E-state index contributed by atoms with van der Waals surface area (Å²) in [5.74, 6) is 1.64. The number of rotatable bonds is 10. The second kappa shape index (κ2) is 10.1. The zero-order valence-electron chi connectivity index (χ0n) is 15.7. The minimum absolute atomic E-state index is 0.170. The highest BCUT2D eigenvalue weighted by Crippen LogP contribution is 2.33. The van der Waals surface area contributed by atoms with Gasteiger partial charge in [-0.15, -0.1) is 11.3 Å². The van der Waals surface area contributed by atoms with E-state index in [2.05, 4.69) is 24.1 Å². The molecular formula is C19H26N2O4S. The Kier molecular flexibility index (Phi) is 7.87. The molecule has 26 heavy (non-hydrogen) atoms. The molecule has 1 amide bonds. The Morgan fingerprint density at radius 1 is 1.23 bits per heavy atom. The highest BCUT2D eigenvalue weighted by atomic mass is 32.1. The van der Waals surface area contributed by atoms with Gasteiger partial charge in [0.2, 0.25) is 0 Å². The number of methoxy groups -OCH3 is 2. The summed E-state index contributed by atoms with van der Waals surface area (Å²) >= 11 is 1.42. The number of ether oxygens (including phenoxy) is 3. The molecule has 0 fully saturated rings. The van der Waals surface area contributed by atoms with E-state index < -0.39 is 0 Å². The fraction of sp³-hybridized carbons (Fsp3) is 0.474. The number of amides is 1. The molecular weight excluding hydrogens is 352 g/mol. The SMILES string of the molecule is COc1ccc(-c2nc(C(=O)NCCCOCC(C)C)cs2)cc1OC. The predicted molar refractivity (Wildman–Crippen MR) is 103 cm³/mol. The molecule has 7 heteroatoms. The summed E-state index contributed by atoms with van der Waals surface area (Å²) in [6.07, 6.45) is 0.783. The van der Waals surface area contributed by atoms with Crippen LogP contribution >= 0.6 is 11.3 Å². The molecule has 0 unspecified atom stereocenters. The van der Waals surface area contributed by atoms with Gasteiger partial charge >= 0.3 is 0 Å². The average Bonchev–Trinajstić information content (AvgIpc) is 3.13. The van der Waals surface area contributed by atoms with Gasteiger partial charge in [-0.05, 0) is 30.5 Å². The Hall–Kier alpha value is -2.12. The van der Waals surface area contributed by atoms with Crippen molar-refractivity contribution in [2.75, 3.05) is 34.0 Å². The minimum atomic E-state index is -0.170. The van der Waals surface area contributed by atoms with E-state index in [1.165, 1.54) is 11.3 Å². The number of hydrogen-bond acceptors (Lipinski definition) is 6. The molecule has 1 heterocycles. The summed E-state index contributed by atoms with van der Waals surface area (Å²) in [6.45, 7) is 6.18. The van der Waals surface area contributed by atoms with Gasteiger partial charge in [-0.3, -0.25) is 4.79 Å². The van der Waals surface area contributed by atoms with Crippen molar-refractivity contribution in [3.05, 3.63) is 29.3 Å². The van der Waals surface area contributed by atoms with Gasteiger partial charge in [0.05, 0.1) is 14.2 Å². The molecule has 2 aromatic rings. The van der Waals surface area contributed by atoms with Crippen LogP contribution in [0.25, 0.3) is 10.6 Å². The van der Waals surface area contributed by atoms with Gasteiger partial charge in [-0.2, -0.15) is 0 Å². The minimum Gasteiger partial charge on any atom is -0.493 e. The summed E-state index contributed by atoms with van der Waals surface area (Å²) in [5, 5.41) is 5.39. The number of aromatic nitrogens is 1. The van der Waals surface area contributed by atoms with Crippen LogP contribution in [0.1, 0.15) is 30.8 Å². The molecule has 0 saturated carbocycles. The first-order valence-corrected chi connectivity index (χ1v) is 9.47. The van der Waals surface area contributed by atoms with Crippen molar-refractivity contribution in [1.29, 1.82) is 0 Å². The Bertz CT molecular complexity index is 715. The Labute approximate surface area is 158 Å². The smallest absolute Gasteiger partial charge is 0.270 e. The van der Waals surface area contributed by atoms with Gasteiger partial charge in [0.15, 0.2) is 11.5 Å². The van der Waals surface area contributed by atoms with Crippen LogP contribution in [-0.4, -0.2) is 44.9 Å². The number of carbonyl (C=O) groups is 1. The lowest BCUT2D eigenvalue weighted by Gasteiger charge is -2.08. The molecule has 1 N–H and O–H groups in total. The second-order valence-electron chi connectivity index (χ2n) is 6.19. The summed E-state index contributed by atoms with van der Waals surface area (Å²) in [5.41, 5.74) is 1.30. The summed E-state index contributed by atoms with van der Waals surface area (Å²) in [6, 6.07) is 5.58. The van der Waals surface area contributed by atoms with E-state index >= 15 is 0 Å². The average molecular weight is 378 g/mol. The predicted octanol–water partition coefficient (Wildman–Crippen LogP) is 3.62. The van der Waals surface area contributed by atoms with Crippen LogP contribution in [0.5, 0.6) is 11.5 Å². The molecule has 142 valence electrons. The molecule has 0 spiro atoms. The second-order valence-corrected chi connectivity index (χ2v) is 7.04. The Morgan fingerprint density at radius 3 is 2.69 bits per heavy atom. The van der Waals surface area contributed by atoms with E-state index in [0.29, 0.717) is 36.3 Å². The number of thiazole rings is 1. The third-order valence-corrected chi connectivity index (χ3v) is 4.46. The van der Waals surface area contributed by atoms with E-state index in [0.717, 1.165) is 23.6 Å². The number of benzene rings is 1. The number of nitrogens with zero attached hydrogens (tertiary/aromatic N) is 1. The van der Waals surface area contributed by atoms with Crippen molar-refractivity contribution in [3.8, 4) is 22.1 Å². The zero-order chi connectivity index (χ0) is 18.9. The maximum Gasteiger partial charge on any atom is 0.270 e. The zero-order valence-corrected chi connectivity index (χ0v) is 16.5. The van der Waals surface area contributed by atoms with Crippen LogP contribution < -0.4 is 14.8 Å². The van der Waals surface area contributed by atoms with Crippen molar-refractivity contribution in [2.24, 2.45) is 5.92 Å². The highest BCUT2D eigenvalue weighted by Gasteiger charge is 2.13. The molecule has 0 aliphatic carbocycles. The fourth-order valence-electron chi connectivity index (χ4n) is 2.27. The first-order valence-electron chi connectivity index (χ1n) is 8.59. The number of carbonyl (C=O) groups excluding carboxylic acids is 1. The Morgan fingerprint density at radius 2 is 2.00 bits per heavy atom. The van der Waals surface area contributed by atoms with Crippen LogP contribution in [-0.2, 0) is 4.74 Å². The molecule has 0 aliphatic heterocycles. The van der Waals surface area contributed by atoms with Crippen molar-refractivity contribution in [2.45, 2.75) is 20.3 Å². The summed E-state index contributed by atoms with van der Waals surface area (Å²) in [4.78, 5) is 16.6. The molecule has 0 saturated heterocycles. The van der Waals surface area contributed by atoms with Gasteiger partial charge in [0, 0.05) is 30.7 Å². The summed E-state index contributed by atoms with van der Waals surface area (Å²) < 4.78 is 16.1. The lowest BCUT2D eigenvalue weighted by atomic mass is 10.2. The van der Waals surface area contributed by atoms with Crippen molar-refractivity contribution < 1.29 is 19.0 Å². The third kappa shape index (κ3) is 5.71. The van der Waals surface area contributed by atoms with Crippen LogP contribution in [0, 0.1) is 5.92 Å². The first kappa shape index (κ1) is 20.2. The fourth-order valence-corrected chi connectivity index (χ4v) is 3.06. The van der Waals surface area contributed by atoms with Gasteiger partial charge < -0.3 is 19.5 Å². The van der Waals surface area contributed by atoms with Gasteiger partial charge in [0.1, 0.15) is 10.7 Å². The van der Waals surface area contributed by atoms with E-state index in [9.17, 15) is 4.79 Å². The van der Waals surface area contributed by atoms with Crippen molar-refractivity contribution in [3.63, 3.8) is 0 Å². The lowest BCUT2D eigenvalue weighted by molar-refractivity contribution is 0.0921. The topological polar surface area (TPSA) is 69.7 Å². The molecule has 1 aromatic heterocycles. The van der Waals surface area contributed by atoms with E-state index in [1.807, 2.05) is 18.2 Å². The molecule has 6 nitrogen and oxygen atoms in total. The lowest BCUT2D eigenvalue weighted by Crippen LogP contribution is -2.25. The monoisotopic (exact) mass is 378 g/mol. The largest absolute Gasteiger partial charge is 0.493 e. The maximum absolute atomic E-state index is 12.2. The summed E-state index contributed by atoms with van der Waals surface area (Å²) in [7, 11) is 3.18. The third-order valence-electron chi connectivity index (χ3n) is 3.57. The van der Waals surface area contributed by atoms with E-state index in [1.54, 1.807) is 19.6 Å². The first-order chi connectivity index (χ1) is 12.5. The highest BCUT2D eigenvalue weighted by molar-refractivity contribution is 7.13. The van der Waals surface area contributed by atoms with Gasteiger partial charge in [-0.25, -0.2) is 4.98 Å². The maximum atomic E-state index is 12.2. The van der Waals surface area contributed by atoms with E-state index in [-0.39, 0.29) is 5.91 Å². The molecule has 2 rings (SSSR count). The standard InChI is InChI=1S/C19H26N2O4S/c1-13(2)11-25-9-5-8-20-18(22)15-12-26-19(21-15)14-6-7-16(23-3)17(10-14)24-4/h6-7,10,12-13H,5,8-9,11H2,1-4H3,(H,20,22). The number of nitrogens with one attached hydrogen (secondary N) is 1. The van der Waals surface area contributed by atoms with Gasteiger partial charge in [-0.1, -0.05) is 13.8 Å². The van der Waals surface area contributed by atoms with E-state index in [4.69, 9.17) is 14.2 Å². The van der Waals surface area contributed by atoms with Crippen molar-refractivity contribution >= 4 is 17.2 Å². The van der Waals surface area contributed by atoms with Crippen molar-refractivity contribution in [1.82, 2.24) is 10.3 Å². The number of hydrogen-bond donors (Lipinski definition) is 1. The molecule has 1 aromatic carbocycles. The molecule has 0 bridgehead atoms. The van der Waals surface area contributed by atoms with Crippen LogP contribution in [0.15, 0.2) is 23.6 Å². The van der Waals surface area contributed by atoms with Crippen LogP contribution in [0.4, 0.5) is 0 Å². The van der Waals surface area contributed by atoms with Gasteiger partial charge in [0.25, 0.3) is 5.91 Å². The Balaban J connectivity index is 1.89. The molecule has 0 radical (unpaired) electrons. The van der Waals surface area contributed by atoms with Crippen LogP contribution in [0.2, 0.25) is 0 Å². The molecule has 0 aliphatic rings.